The van der Waals surface area contributed by atoms with Crippen molar-refractivity contribution in [2.45, 2.75) is 0 Å². The zero-order valence-corrected chi connectivity index (χ0v) is 33.1. The molecule has 0 spiro atoms. The smallest absolute Gasteiger partial charge is 0.135 e. The van der Waals surface area contributed by atoms with Crippen LogP contribution in [0.25, 0.3) is 90.0 Å². The Morgan fingerprint density at radius 1 is 0.383 bits per heavy atom. The van der Waals surface area contributed by atoms with Gasteiger partial charge in [-0.25, -0.2) is 0 Å². The molecule has 2 nitrogen and oxygen atoms in total. The van der Waals surface area contributed by atoms with E-state index in [1.807, 2.05) is 12.1 Å². The van der Waals surface area contributed by atoms with E-state index in [1.54, 1.807) is 6.08 Å². The maximum atomic E-state index is 6.01. The summed E-state index contributed by atoms with van der Waals surface area (Å²) in [6.45, 7) is 8.09. The normalized spacial score (nSPS) is 11.6. The molecule has 1 aromatic heterocycles. The van der Waals surface area contributed by atoms with E-state index in [1.165, 1.54) is 44.2 Å². The highest BCUT2D eigenvalue weighted by atomic mass is 16.3. The van der Waals surface area contributed by atoms with E-state index in [0.29, 0.717) is 0 Å². The molecule has 1 heterocycles. The molecule has 2 heteroatoms. The van der Waals surface area contributed by atoms with Gasteiger partial charge < -0.3 is 9.32 Å². The molecule has 0 aliphatic rings. The van der Waals surface area contributed by atoms with Crippen LogP contribution in [-0.2, 0) is 0 Å². The molecule has 0 aliphatic heterocycles. The van der Waals surface area contributed by atoms with Crippen molar-refractivity contribution in [3.05, 3.63) is 236 Å². The molecule has 0 saturated heterocycles. The molecule has 284 valence electrons. The maximum absolute atomic E-state index is 6.01. The molecule has 0 N–H and O–H groups in total. The zero-order valence-electron chi connectivity index (χ0n) is 33.1. The van der Waals surface area contributed by atoms with E-state index in [-0.39, 0.29) is 0 Å². The Kier molecular flexibility index (Phi) is 9.57. The second-order valence-electron chi connectivity index (χ2n) is 15.1. The van der Waals surface area contributed by atoms with Crippen molar-refractivity contribution in [2.75, 3.05) is 4.90 Å². The van der Waals surface area contributed by atoms with Gasteiger partial charge in [-0.1, -0.05) is 171 Å². The van der Waals surface area contributed by atoms with Gasteiger partial charge in [0, 0.05) is 27.7 Å². The Hall–Kier alpha value is -7.94. The molecule has 10 aromatic rings. The number of rotatable bonds is 9. The van der Waals surface area contributed by atoms with Gasteiger partial charge in [0.15, 0.2) is 0 Å². The lowest BCUT2D eigenvalue weighted by atomic mass is 9.97. The summed E-state index contributed by atoms with van der Waals surface area (Å²) < 4.78 is 6.01. The van der Waals surface area contributed by atoms with E-state index in [2.05, 4.69) is 224 Å². The van der Waals surface area contributed by atoms with Crippen molar-refractivity contribution in [2.24, 2.45) is 0 Å². The largest absolute Gasteiger partial charge is 0.456 e. The number of allylic oxidation sites excluding steroid dienone is 1. The highest BCUT2D eigenvalue weighted by Gasteiger charge is 2.15. The van der Waals surface area contributed by atoms with Crippen molar-refractivity contribution >= 4 is 51.5 Å². The van der Waals surface area contributed by atoms with Gasteiger partial charge in [-0.3, -0.25) is 0 Å². The minimum atomic E-state index is 0.741. The van der Waals surface area contributed by atoms with Gasteiger partial charge in [-0.05, 0) is 133 Å². The Labute approximate surface area is 350 Å². The van der Waals surface area contributed by atoms with E-state index < -0.39 is 0 Å². The van der Waals surface area contributed by atoms with Crippen LogP contribution in [0.5, 0.6) is 0 Å². The zero-order chi connectivity index (χ0) is 40.4. The van der Waals surface area contributed by atoms with Crippen molar-refractivity contribution in [3.8, 4) is 55.6 Å². The molecule has 0 fully saturated rings. The van der Waals surface area contributed by atoms with Gasteiger partial charge in [-0.2, -0.15) is 0 Å². The van der Waals surface area contributed by atoms with Crippen LogP contribution in [0.3, 0.4) is 0 Å². The van der Waals surface area contributed by atoms with Crippen LogP contribution in [0.4, 0.5) is 17.1 Å². The topological polar surface area (TPSA) is 16.4 Å². The van der Waals surface area contributed by atoms with Crippen molar-refractivity contribution in [3.63, 3.8) is 0 Å². The summed E-state index contributed by atoms with van der Waals surface area (Å²) in [6, 6.07) is 76.2. The minimum Gasteiger partial charge on any atom is -0.456 e. The quantitative estimate of drug-likeness (QED) is 0.145. The molecular formula is C58H41NO. The second kappa shape index (κ2) is 15.8. The lowest BCUT2D eigenvalue weighted by Crippen LogP contribution is -2.17. The molecule has 10 rings (SSSR count). The average Bonchev–Trinajstić information content (AvgIpc) is 3.63. The van der Waals surface area contributed by atoms with Gasteiger partial charge in [0.05, 0.1) is 0 Å². The van der Waals surface area contributed by atoms with Gasteiger partial charge in [-0.15, -0.1) is 0 Å². The van der Waals surface area contributed by atoms with Crippen LogP contribution < -0.4 is 15.5 Å². The third kappa shape index (κ3) is 7.01. The summed E-state index contributed by atoms with van der Waals surface area (Å²) in [5.41, 5.74) is 16.5. The molecule has 0 amide bonds. The number of benzene rings is 9. The lowest BCUT2D eigenvalue weighted by Gasteiger charge is -2.26. The second-order valence-corrected chi connectivity index (χ2v) is 15.1. The third-order valence-corrected chi connectivity index (χ3v) is 11.4. The SMILES string of the molecule is C=C/C=c1/oc2ccc(-c3cccc(-c4ccc(N(c5ccc(-c6cccc(-c7ccccc7)c6)cc5)c5ccc(-c6cccc7ccccc67)cc5)cc4)c3)cc2c1=C. The van der Waals surface area contributed by atoms with E-state index in [9.17, 15) is 0 Å². The summed E-state index contributed by atoms with van der Waals surface area (Å²) in [5.74, 6) is 0. The van der Waals surface area contributed by atoms with Crippen LogP contribution in [0.1, 0.15) is 0 Å². The van der Waals surface area contributed by atoms with E-state index in [0.717, 1.165) is 60.9 Å². The number of fused-ring (bicyclic) bond motifs is 2. The van der Waals surface area contributed by atoms with Crippen LogP contribution in [0.15, 0.2) is 229 Å². The molecule has 9 aromatic carbocycles. The summed E-state index contributed by atoms with van der Waals surface area (Å²) in [6.07, 6.45) is 3.59. The Bertz CT molecular complexity index is 3260. The van der Waals surface area contributed by atoms with Crippen LogP contribution in [0, 0.1) is 0 Å². The summed E-state index contributed by atoms with van der Waals surface area (Å²) in [7, 11) is 0. The molecule has 0 atom stereocenters. The molecule has 0 aliphatic carbocycles. The predicted octanol–water partition coefficient (Wildman–Crippen LogP) is 14.8. The van der Waals surface area contributed by atoms with Crippen molar-refractivity contribution in [1.82, 2.24) is 0 Å². The first-order valence-electron chi connectivity index (χ1n) is 20.3. The molecular weight excluding hydrogens is 727 g/mol. The number of anilines is 3. The minimum absolute atomic E-state index is 0.741. The van der Waals surface area contributed by atoms with Gasteiger partial charge >= 0.3 is 0 Å². The van der Waals surface area contributed by atoms with Crippen LogP contribution in [0.2, 0.25) is 0 Å². The Morgan fingerprint density at radius 3 is 1.43 bits per heavy atom. The molecule has 60 heavy (non-hydrogen) atoms. The third-order valence-electron chi connectivity index (χ3n) is 11.4. The van der Waals surface area contributed by atoms with Gasteiger partial charge in [0.2, 0.25) is 0 Å². The average molecular weight is 768 g/mol. The van der Waals surface area contributed by atoms with E-state index in [4.69, 9.17) is 4.42 Å². The number of hydrogen-bond donors (Lipinski definition) is 0. The van der Waals surface area contributed by atoms with Crippen molar-refractivity contribution in [1.29, 1.82) is 0 Å². The number of furan rings is 1. The maximum Gasteiger partial charge on any atom is 0.135 e. The summed E-state index contributed by atoms with van der Waals surface area (Å²) >= 11 is 0. The fourth-order valence-electron chi connectivity index (χ4n) is 8.30. The monoisotopic (exact) mass is 767 g/mol. The number of nitrogens with zero attached hydrogens (tertiary/aromatic N) is 1. The first-order valence-corrected chi connectivity index (χ1v) is 20.3. The van der Waals surface area contributed by atoms with Gasteiger partial charge in [0.1, 0.15) is 11.0 Å². The summed E-state index contributed by atoms with van der Waals surface area (Å²) in [5, 5.41) is 4.37. The molecule has 0 unspecified atom stereocenters. The fourth-order valence-corrected chi connectivity index (χ4v) is 8.30. The molecule has 0 radical (unpaired) electrons. The predicted molar refractivity (Wildman–Crippen MR) is 255 cm³/mol. The highest BCUT2D eigenvalue weighted by molar-refractivity contribution is 5.97. The molecule has 0 saturated carbocycles. The van der Waals surface area contributed by atoms with Crippen molar-refractivity contribution < 1.29 is 4.42 Å². The fraction of sp³-hybridized carbons (Fsp3) is 0. The Morgan fingerprint density at radius 2 is 0.833 bits per heavy atom. The lowest BCUT2D eigenvalue weighted by molar-refractivity contribution is 0.576. The summed E-state index contributed by atoms with van der Waals surface area (Å²) in [4.78, 5) is 2.34. The Balaban J connectivity index is 1.00. The first-order chi connectivity index (χ1) is 29.6. The van der Waals surface area contributed by atoms with Crippen LogP contribution in [-0.4, -0.2) is 0 Å². The van der Waals surface area contributed by atoms with Gasteiger partial charge in [0.25, 0.3) is 0 Å². The first kappa shape index (κ1) is 36.4. The van der Waals surface area contributed by atoms with E-state index >= 15 is 0 Å². The van der Waals surface area contributed by atoms with Crippen LogP contribution >= 0.6 is 0 Å². The standard InChI is InChI=1S/C58H41NO/c1-3-12-57-40(2)56-39-50(29-36-58(56)60-57)49-20-10-19-48(38-49)43-25-32-52(33-26-43)59(53-34-27-45(28-35-53)55-22-11-16-44-15-7-8-21-54(44)55)51-30-23-42(24-31-51)47-18-9-17-46(37-47)41-13-5-4-6-14-41/h3-39H,1-2H2/b57-12+. The number of hydrogen-bond acceptors (Lipinski definition) is 2. The highest BCUT2D eigenvalue weighted by Crippen LogP contribution is 2.39. The molecule has 0 bridgehead atoms.